The maximum absolute atomic E-state index is 12.5. The van der Waals surface area contributed by atoms with Crippen molar-refractivity contribution in [3.05, 3.63) is 11.6 Å². The van der Waals surface area contributed by atoms with E-state index in [4.69, 9.17) is 0 Å². The molecule has 0 aliphatic heterocycles. The minimum atomic E-state index is -0.288. The minimum Gasteiger partial charge on any atom is -0.300 e. The van der Waals surface area contributed by atoms with Gasteiger partial charge >= 0.3 is 0 Å². The zero-order valence-electron chi connectivity index (χ0n) is 16.0. The molecule has 0 amide bonds. The standard InChI is InChI=1S/C22H32O2/c1-19(2)15-6-8-17-21(4,16(15)7-9-18(19)24)11-10-20(3)12-14(23)13-22(17,20)5/h6,16-17H,7-13H2,1-5H3/t16-,17-,20-,21+,22+/m1/s1. The number of fused-ring (bicyclic) bond motifs is 5. The van der Waals surface area contributed by atoms with Crippen molar-refractivity contribution < 1.29 is 9.59 Å². The summed E-state index contributed by atoms with van der Waals surface area (Å²) in [5.41, 5.74) is 1.68. The van der Waals surface area contributed by atoms with Crippen molar-refractivity contribution in [2.45, 2.75) is 79.6 Å². The average molecular weight is 328 g/mol. The molecule has 0 bridgehead atoms. The van der Waals surface area contributed by atoms with Crippen LogP contribution in [0.15, 0.2) is 11.6 Å². The van der Waals surface area contributed by atoms with Crippen molar-refractivity contribution >= 4 is 11.6 Å². The van der Waals surface area contributed by atoms with Crippen LogP contribution in [0.4, 0.5) is 0 Å². The molecule has 0 heterocycles. The van der Waals surface area contributed by atoms with E-state index in [9.17, 15) is 9.59 Å². The van der Waals surface area contributed by atoms with E-state index in [0.717, 1.165) is 32.1 Å². The van der Waals surface area contributed by atoms with Gasteiger partial charge in [0.25, 0.3) is 0 Å². The second-order valence-electron chi connectivity index (χ2n) is 10.5. The Morgan fingerprint density at radius 2 is 1.71 bits per heavy atom. The molecule has 132 valence electrons. The van der Waals surface area contributed by atoms with Crippen LogP contribution < -0.4 is 0 Å². The molecule has 0 N–H and O–H groups in total. The van der Waals surface area contributed by atoms with Gasteiger partial charge in [0.1, 0.15) is 11.6 Å². The van der Waals surface area contributed by atoms with Crippen molar-refractivity contribution in [2.24, 2.45) is 33.5 Å². The van der Waals surface area contributed by atoms with Gasteiger partial charge in [0.2, 0.25) is 0 Å². The second kappa shape index (κ2) is 4.62. The normalized spacial score (nSPS) is 50.0. The maximum Gasteiger partial charge on any atom is 0.142 e. The molecule has 0 aromatic carbocycles. The zero-order chi connectivity index (χ0) is 17.5. The lowest BCUT2D eigenvalue weighted by atomic mass is 9.40. The van der Waals surface area contributed by atoms with Gasteiger partial charge in [-0.25, -0.2) is 0 Å². The highest BCUT2D eigenvalue weighted by molar-refractivity contribution is 5.88. The molecular formula is C22H32O2. The number of ketones is 2. The van der Waals surface area contributed by atoms with Gasteiger partial charge in [0.05, 0.1) is 0 Å². The van der Waals surface area contributed by atoms with Gasteiger partial charge in [-0.1, -0.05) is 32.4 Å². The van der Waals surface area contributed by atoms with E-state index in [1.54, 1.807) is 0 Å². The van der Waals surface area contributed by atoms with Crippen LogP contribution >= 0.6 is 0 Å². The second-order valence-corrected chi connectivity index (χ2v) is 10.5. The van der Waals surface area contributed by atoms with E-state index >= 15 is 0 Å². The Balaban J connectivity index is 1.81. The molecule has 0 aromatic rings. The van der Waals surface area contributed by atoms with Gasteiger partial charge in [-0.3, -0.25) is 9.59 Å². The molecule has 5 atom stereocenters. The summed E-state index contributed by atoms with van der Waals surface area (Å²) in [7, 11) is 0. The lowest BCUT2D eigenvalue weighted by molar-refractivity contribution is -0.138. The third kappa shape index (κ3) is 1.78. The summed E-state index contributed by atoms with van der Waals surface area (Å²) >= 11 is 0. The van der Waals surface area contributed by atoms with E-state index < -0.39 is 0 Å². The highest BCUT2D eigenvalue weighted by Gasteiger charge is 2.66. The van der Waals surface area contributed by atoms with Crippen molar-refractivity contribution in [2.75, 3.05) is 0 Å². The Labute approximate surface area is 146 Å². The van der Waals surface area contributed by atoms with Gasteiger partial charge in [0.15, 0.2) is 0 Å². The van der Waals surface area contributed by atoms with Gasteiger partial charge in [-0.2, -0.15) is 0 Å². The number of carbonyl (C=O) groups is 2. The molecule has 4 rings (SSSR count). The molecule has 4 aliphatic carbocycles. The number of allylic oxidation sites excluding steroid dienone is 2. The first-order valence-corrected chi connectivity index (χ1v) is 9.80. The Morgan fingerprint density at radius 1 is 1.00 bits per heavy atom. The first kappa shape index (κ1) is 16.5. The predicted octanol–water partition coefficient (Wildman–Crippen LogP) is 5.11. The molecule has 0 spiro atoms. The highest BCUT2D eigenvalue weighted by atomic mass is 16.1. The van der Waals surface area contributed by atoms with Gasteiger partial charge < -0.3 is 0 Å². The number of rotatable bonds is 0. The number of carbonyl (C=O) groups excluding carboxylic acids is 2. The summed E-state index contributed by atoms with van der Waals surface area (Å²) in [6.07, 6.45) is 9.13. The van der Waals surface area contributed by atoms with Crippen molar-refractivity contribution in [3.8, 4) is 0 Å². The average Bonchev–Trinajstić information content (AvgIpc) is 2.72. The quantitative estimate of drug-likeness (QED) is 0.579. The third-order valence-corrected chi connectivity index (χ3v) is 9.13. The lowest BCUT2D eigenvalue weighted by Crippen LogP contribution is -2.57. The van der Waals surface area contributed by atoms with Gasteiger partial charge in [-0.15, -0.1) is 0 Å². The Bertz CT molecular complexity index is 657. The monoisotopic (exact) mass is 328 g/mol. The topological polar surface area (TPSA) is 34.1 Å². The fraction of sp³-hybridized carbons (Fsp3) is 0.818. The van der Waals surface area contributed by atoms with Crippen molar-refractivity contribution in [1.82, 2.24) is 0 Å². The summed E-state index contributed by atoms with van der Waals surface area (Å²) in [6, 6.07) is 0. The summed E-state index contributed by atoms with van der Waals surface area (Å²) in [5.74, 6) is 1.99. The van der Waals surface area contributed by atoms with E-state index in [1.807, 2.05) is 0 Å². The highest BCUT2D eigenvalue weighted by Crippen LogP contribution is 2.71. The zero-order valence-corrected chi connectivity index (χ0v) is 16.0. The minimum absolute atomic E-state index is 0.130. The fourth-order valence-corrected chi connectivity index (χ4v) is 7.30. The van der Waals surface area contributed by atoms with Crippen LogP contribution in [0.5, 0.6) is 0 Å². The van der Waals surface area contributed by atoms with E-state index in [1.165, 1.54) is 18.4 Å². The predicted molar refractivity (Wildman–Crippen MR) is 95.5 cm³/mol. The smallest absolute Gasteiger partial charge is 0.142 e. The summed E-state index contributed by atoms with van der Waals surface area (Å²) in [6.45, 7) is 11.5. The number of hydrogen-bond acceptors (Lipinski definition) is 2. The van der Waals surface area contributed by atoms with Crippen LogP contribution in [-0.4, -0.2) is 11.6 Å². The lowest BCUT2D eigenvalue weighted by Gasteiger charge is -2.64. The van der Waals surface area contributed by atoms with Crippen LogP contribution in [0.2, 0.25) is 0 Å². The molecule has 0 saturated heterocycles. The van der Waals surface area contributed by atoms with E-state index in [2.05, 4.69) is 40.7 Å². The molecule has 0 radical (unpaired) electrons. The Hall–Kier alpha value is -0.920. The van der Waals surface area contributed by atoms with Crippen LogP contribution in [0.3, 0.4) is 0 Å². The molecule has 2 heteroatoms. The SMILES string of the molecule is CC1(C)C(=O)CC[C@@H]2C1=CC[C@@H]1[C@@]2(C)CC[C@]2(C)CC(=O)C[C@@]12C. The van der Waals surface area contributed by atoms with Crippen LogP contribution in [-0.2, 0) is 9.59 Å². The van der Waals surface area contributed by atoms with Crippen LogP contribution in [0.1, 0.15) is 79.6 Å². The molecule has 3 fully saturated rings. The largest absolute Gasteiger partial charge is 0.300 e. The van der Waals surface area contributed by atoms with Gasteiger partial charge in [0, 0.05) is 24.7 Å². The molecular weight excluding hydrogens is 296 g/mol. The van der Waals surface area contributed by atoms with E-state index in [-0.39, 0.29) is 21.7 Å². The van der Waals surface area contributed by atoms with Crippen molar-refractivity contribution in [1.29, 1.82) is 0 Å². The Kier molecular flexibility index (Phi) is 3.19. The first-order chi connectivity index (χ1) is 11.0. The fourth-order valence-electron chi connectivity index (χ4n) is 7.30. The number of Topliss-reactive ketones (excluding diaryl/α,β-unsaturated/α-hetero) is 2. The van der Waals surface area contributed by atoms with Crippen LogP contribution in [0.25, 0.3) is 0 Å². The number of hydrogen-bond donors (Lipinski definition) is 0. The molecule has 24 heavy (non-hydrogen) atoms. The Morgan fingerprint density at radius 3 is 2.42 bits per heavy atom. The van der Waals surface area contributed by atoms with E-state index in [0.29, 0.717) is 23.4 Å². The van der Waals surface area contributed by atoms with Gasteiger partial charge in [-0.05, 0) is 67.6 Å². The summed E-state index contributed by atoms with van der Waals surface area (Å²) < 4.78 is 0. The molecule has 2 nitrogen and oxygen atoms in total. The molecule has 0 aromatic heterocycles. The van der Waals surface area contributed by atoms with Crippen LogP contribution in [0, 0.1) is 33.5 Å². The third-order valence-electron chi connectivity index (χ3n) is 9.13. The summed E-state index contributed by atoms with van der Waals surface area (Å²) in [4.78, 5) is 24.9. The molecule has 0 unspecified atom stereocenters. The molecule has 4 aliphatic rings. The molecule has 3 saturated carbocycles. The first-order valence-electron chi connectivity index (χ1n) is 9.80. The van der Waals surface area contributed by atoms with Crippen molar-refractivity contribution in [3.63, 3.8) is 0 Å². The summed E-state index contributed by atoms with van der Waals surface area (Å²) in [5, 5.41) is 0. The maximum atomic E-state index is 12.5.